The van der Waals surface area contributed by atoms with Crippen molar-refractivity contribution in [2.75, 3.05) is 0 Å². The Morgan fingerprint density at radius 1 is 1.14 bits per heavy atom. The Bertz CT molecular complexity index is 820. The van der Waals surface area contributed by atoms with Gasteiger partial charge in [0.2, 0.25) is 0 Å². The minimum Gasteiger partial charge on any atom is -0.459 e. The Morgan fingerprint density at radius 2 is 1.86 bits per heavy atom. The van der Waals surface area contributed by atoms with Crippen LogP contribution in [-0.4, -0.2) is 21.6 Å². The van der Waals surface area contributed by atoms with E-state index in [0.29, 0.717) is 5.56 Å². The number of benzene rings is 2. The summed E-state index contributed by atoms with van der Waals surface area (Å²) < 4.78 is 7.31. The third-order valence-corrected chi connectivity index (χ3v) is 3.42. The number of fused-ring (bicyclic) bond motifs is 1. The van der Waals surface area contributed by atoms with Crippen LogP contribution in [0.4, 0.5) is 0 Å². The standard InChI is InChI=1S/C18H18N2O2/c1-12(2)22-18(21)14-9-10-17-16(11-14)19-13(3)20(17)15-7-5-4-6-8-15/h4-12H,1-3H3. The van der Waals surface area contributed by atoms with Crippen molar-refractivity contribution in [1.29, 1.82) is 0 Å². The van der Waals surface area contributed by atoms with Crippen LogP contribution in [0.3, 0.4) is 0 Å². The molecule has 1 aromatic heterocycles. The quantitative estimate of drug-likeness (QED) is 0.688. The summed E-state index contributed by atoms with van der Waals surface area (Å²) in [6, 6.07) is 15.5. The summed E-state index contributed by atoms with van der Waals surface area (Å²) in [4.78, 5) is 16.6. The van der Waals surface area contributed by atoms with Gasteiger partial charge in [-0.05, 0) is 51.1 Å². The number of para-hydroxylation sites is 1. The summed E-state index contributed by atoms with van der Waals surface area (Å²) in [5.74, 6) is 0.569. The van der Waals surface area contributed by atoms with Gasteiger partial charge in [0.15, 0.2) is 0 Å². The second-order valence-electron chi connectivity index (χ2n) is 5.49. The minimum atomic E-state index is -0.316. The topological polar surface area (TPSA) is 44.1 Å². The van der Waals surface area contributed by atoms with Gasteiger partial charge in [-0.15, -0.1) is 0 Å². The lowest BCUT2D eigenvalue weighted by atomic mass is 10.2. The molecule has 0 spiro atoms. The Hall–Kier alpha value is -2.62. The number of carbonyl (C=O) groups excluding carboxylic acids is 1. The van der Waals surface area contributed by atoms with E-state index >= 15 is 0 Å². The van der Waals surface area contributed by atoms with Crippen LogP contribution >= 0.6 is 0 Å². The molecule has 4 heteroatoms. The van der Waals surface area contributed by atoms with E-state index in [1.807, 2.05) is 57.2 Å². The van der Waals surface area contributed by atoms with Crippen LogP contribution in [-0.2, 0) is 4.74 Å². The molecule has 0 aliphatic heterocycles. The van der Waals surface area contributed by atoms with Gasteiger partial charge < -0.3 is 4.74 Å². The summed E-state index contributed by atoms with van der Waals surface area (Å²) in [5.41, 5.74) is 3.35. The van der Waals surface area contributed by atoms with E-state index < -0.39 is 0 Å². The molecule has 0 saturated carbocycles. The number of rotatable bonds is 3. The Balaban J connectivity index is 2.08. The number of imidazole rings is 1. The van der Waals surface area contributed by atoms with Crippen molar-refractivity contribution < 1.29 is 9.53 Å². The molecule has 3 aromatic rings. The van der Waals surface area contributed by atoms with Crippen LogP contribution in [0.25, 0.3) is 16.7 Å². The fraction of sp³-hybridized carbons (Fsp3) is 0.222. The average molecular weight is 294 g/mol. The zero-order chi connectivity index (χ0) is 15.7. The molecule has 1 heterocycles. The first kappa shape index (κ1) is 14.3. The fourth-order valence-electron chi connectivity index (χ4n) is 2.51. The molecular weight excluding hydrogens is 276 g/mol. The molecule has 0 radical (unpaired) electrons. The Labute approximate surface area is 129 Å². The summed E-state index contributed by atoms with van der Waals surface area (Å²) in [5, 5.41) is 0. The first-order valence-corrected chi connectivity index (χ1v) is 7.32. The van der Waals surface area contributed by atoms with Gasteiger partial charge in [0.25, 0.3) is 0 Å². The summed E-state index contributed by atoms with van der Waals surface area (Å²) in [6.45, 7) is 5.63. The van der Waals surface area contributed by atoms with Crippen LogP contribution in [0.1, 0.15) is 30.0 Å². The van der Waals surface area contributed by atoms with Crippen molar-refractivity contribution in [2.24, 2.45) is 0 Å². The lowest BCUT2D eigenvalue weighted by molar-refractivity contribution is 0.0378. The molecule has 3 rings (SSSR count). The second-order valence-corrected chi connectivity index (χ2v) is 5.49. The smallest absolute Gasteiger partial charge is 0.338 e. The number of aromatic nitrogens is 2. The molecule has 22 heavy (non-hydrogen) atoms. The van der Waals surface area contributed by atoms with Gasteiger partial charge >= 0.3 is 5.97 Å². The van der Waals surface area contributed by atoms with Crippen molar-refractivity contribution in [1.82, 2.24) is 9.55 Å². The Kier molecular flexibility index (Phi) is 3.67. The van der Waals surface area contributed by atoms with Crippen LogP contribution in [0.2, 0.25) is 0 Å². The number of ether oxygens (including phenoxy) is 1. The highest BCUT2D eigenvalue weighted by atomic mass is 16.5. The van der Waals surface area contributed by atoms with Crippen molar-refractivity contribution >= 4 is 17.0 Å². The SMILES string of the molecule is Cc1nc2cc(C(=O)OC(C)C)ccc2n1-c1ccccc1. The second kappa shape index (κ2) is 5.64. The zero-order valence-corrected chi connectivity index (χ0v) is 12.9. The lowest BCUT2D eigenvalue weighted by Gasteiger charge is -2.08. The number of hydrogen-bond acceptors (Lipinski definition) is 3. The molecule has 112 valence electrons. The molecule has 0 bridgehead atoms. The van der Waals surface area contributed by atoms with Crippen LogP contribution in [0.5, 0.6) is 0 Å². The molecule has 0 unspecified atom stereocenters. The van der Waals surface area contributed by atoms with Gasteiger partial charge in [-0.25, -0.2) is 9.78 Å². The highest BCUT2D eigenvalue weighted by Gasteiger charge is 2.14. The number of nitrogens with zero attached hydrogens (tertiary/aromatic N) is 2. The normalized spacial score (nSPS) is 11.1. The van der Waals surface area contributed by atoms with E-state index in [4.69, 9.17) is 4.74 Å². The van der Waals surface area contributed by atoms with E-state index in [1.165, 1.54) is 0 Å². The maximum Gasteiger partial charge on any atom is 0.338 e. The van der Waals surface area contributed by atoms with Crippen LogP contribution < -0.4 is 0 Å². The van der Waals surface area contributed by atoms with Crippen molar-refractivity contribution in [2.45, 2.75) is 26.9 Å². The predicted molar refractivity (Wildman–Crippen MR) is 86.4 cm³/mol. The van der Waals surface area contributed by atoms with E-state index in [0.717, 1.165) is 22.5 Å². The molecular formula is C18H18N2O2. The first-order chi connectivity index (χ1) is 10.6. The van der Waals surface area contributed by atoms with Crippen molar-refractivity contribution in [3.05, 3.63) is 59.9 Å². The molecule has 0 aliphatic carbocycles. The number of esters is 1. The number of hydrogen-bond donors (Lipinski definition) is 0. The third kappa shape index (κ3) is 2.60. The first-order valence-electron chi connectivity index (χ1n) is 7.32. The van der Waals surface area contributed by atoms with Crippen molar-refractivity contribution in [3.63, 3.8) is 0 Å². The lowest BCUT2D eigenvalue weighted by Crippen LogP contribution is -2.11. The molecule has 0 N–H and O–H groups in total. The van der Waals surface area contributed by atoms with E-state index in [2.05, 4.69) is 9.55 Å². The van der Waals surface area contributed by atoms with Crippen molar-refractivity contribution in [3.8, 4) is 5.69 Å². The van der Waals surface area contributed by atoms with Gasteiger partial charge in [0.05, 0.1) is 22.7 Å². The molecule has 0 amide bonds. The molecule has 2 aromatic carbocycles. The van der Waals surface area contributed by atoms with E-state index in [9.17, 15) is 4.79 Å². The monoisotopic (exact) mass is 294 g/mol. The minimum absolute atomic E-state index is 0.133. The molecule has 0 aliphatic rings. The van der Waals surface area contributed by atoms with Gasteiger partial charge in [0, 0.05) is 5.69 Å². The van der Waals surface area contributed by atoms with Gasteiger partial charge in [-0.1, -0.05) is 18.2 Å². The number of carbonyl (C=O) groups is 1. The van der Waals surface area contributed by atoms with E-state index in [-0.39, 0.29) is 12.1 Å². The zero-order valence-electron chi connectivity index (χ0n) is 12.9. The van der Waals surface area contributed by atoms with Crippen LogP contribution in [0.15, 0.2) is 48.5 Å². The Morgan fingerprint density at radius 3 is 2.55 bits per heavy atom. The van der Waals surface area contributed by atoms with Crippen LogP contribution in [0, 0.1) is 6.92 Å². The molecule has 0 fully saturated rings. The summed E-state index contributed by atoms with van der Waals surface area (Å²) >= 11 is 0. The highest BCUT2D eigenvalue weighted by Crippen LogP contribution is 2.22. The predicted octanol–water partition coefficient (Wildman–Crippen LogP) is 3.90. The van der Waals surface area contributed by atoms with Gasteiger partial charge in [-0.3, -0.25) is 4.57 Å². The summed E-state index contributed by atoms with van der Waals surface area (Å²) in [6.07, 6.45) is -0.133. The maximum atomic E-state index is 12.0. The average Bonchev–Trinajstić information content (AvgIpc) is 2.82. The number of aryl methyl sites for hydroxylation is 1. The molecule has 0 atom stereocenters. The van der Waals surface area contributed by atoms with E-state index in [1.54, 1.807) is 12.1 Å². The van der Waals surface area contributed by atoms with Gasteiger partial charge in [-0.2, -0.15) is 0 Å². The highest BCUT2D eigenvalue weighted by molar-refractivity contribution is 5.94. The third-order valence-electron chi connectivity index (χ3n) is 3.42. The fourth-order valence-corrected chi connectivity index (χ4v) is 2.51. The molecule has 4 nitrogen and oxygen atoms in total. The largest absolute Gasteiger partial charge is 0.459 e. The van der Waals surface area contributed by atoms with Gasteiger partial charge in [0.1, 0.15) is 5.82 Å². The summed E-state index contributed by atoms with van der Waals surface area (Å²) in [7, 11) is 0. The molecule has 0 saturated heterocycles. The maximum absolute atomic E-state index is 12.0.